The summed E-state index contributed by atoms with van der Waals surface area (Å²) < 4.78 is 15.6. The van der Waals surface area contributed by atoms with E-state index in [0.29, 0.717) is 11.5 Å². The zero-order valence-corrected chi connectivity index (χ0v) is 14.8. The maximum absolute atomic E-state index is 12.2. The average molecular weight is 387 g/mol. The lowest BCUT2D eigenvalue weighted by Crippen LogP contribution is -2.35. The fourth-order valence-corrected chi connectivity index (χ4v) is 2.49. The summed E-state index contributed by atoms with van der Waals surface area (Å²) in [4.78, 5) is 34.5. The highest BCUT2D eigenvalue weighted by Crippen LogP contribution is 2.32. The van der Waals surface area contributed by atoms with Crippen LogP contribution in [-0.2, 0) is 16.1 Å². The van der Waals surface area contributed by atoms with E-state index in [-0.39, 0.29) is 24.6 Å². The first-order valence-electron chi connectivity index (χ1n) is 8.26. The number of benzene rings is 2. The molecule has 0 unspecified atom stereocenters. The van der Waals surface area contributed by atoms with Gasteiger partial charge in [-0.25, -0.2) is 4.79 Å². The lowest BCUT2D eigenvalue weighted by Gasteiger charge is -2.14. The molecule has 0 aromatic heterocycles. The fourth-order valence-electron chi connectivity index (χ4n) is 2.49. The number of fused-ring (bicyclic) bond motifs is 1. The van der Waals surface area contributed by atoms with Gasteiger partial charge in [-0.05, 0) is 36.8 Å². The number of nitrogens with zero attached hydrogens (tertiary/aromatic N) is 1. The standard InChI is InChI=1S/C18H17N3O7/c1-10(28-18(23)12-3-4-13(19)14(7-12)21(24)25)17(22)20-8-11-2-5-15-16(6-11)27-9-26-15/h2-7,10H,8-9,19H2,1H3,(H,20,22)/t10-/m1/s1. The number of esters is 1. The van der Waals surface area contributed by atoms with Crippen molar-refractivity contribution in [3.8, 4) is 11.5 Å². The van der Waals surface area contributed by atoms with E-state index in [4.69, 9.17) is 19.9 Å². The summed E-state index contributed by atoms with van der Waals surface area (Å²) in [5, 5.41) is 13.6. The third kappa shape index (κ3) is 4.11. The van der Waals surface area contributed by atoms with E-state index in [2.05, 4.69) is 5.32 Å². The molecule has 0 spiro atoms. The quantitative estimate of drug-likeness (QED) is 0.330. The molecule has 0 saturated carbocycles. The minimum Gasteiger partial charge on any atom is -0.454 e. The Kier molecular flexibility index (Phi) is 5.30. The predicted octanol–water partition coefficient (Wildman–Crippen LogP) is 1.77. The van der Waals surface area contributed by atoms with Crippen LogP contribution in [0.5, 0.6) is 11.5 Å². The van der Waals surface area contributed by atoms with Crippen molar-refractivity contribution < 1.29 is 28.7 Å². The summed E-state index contributed by atoms with van der Waals surface area (Å²) in [7, 11) is 0. The Hall–Kier alpha value is -3.82. The van der Waals surface area contributed by atoms with E-state index in [1.807, 2.05) is 0 Å². The Morgan fingerprint density at radius 1 is 1.25 bits per heavy atom. The van der Waals surface area contributed by atoms with Gasteiger partial charge in [0.25, 0.3) is 11.6 Å². The smallest absolute Gasteiger partial charge is 0.339 e. The summed E-state index contributed by atoms with van der Waals surface area (Å²) in [5.74, 6) is -0.157. The highest BCUT2D eigenvalue weighted by Gasteiger charge is 2.22. The molecule has 3 N–H and O–H groups in total. The van der Waals surface area contributed by atoms with Crippen molar-refractivity contribution in [3.63, 3.8) is 0 Å². The van der Waals surface area contributed by atoms with Crippen molar-refractivity contribution in [2.75, 3.05) is 12.5 Å². The highest BCUT2D eigenvalue weighted by molar-refractivity contribution is 5.93. The van der Waals surface area contributed by atoms with Gasteiger partial charge in [-0.2, -0.15) is 0 Å². The van der Waals surface area contributed by atoms with Gasteiger partial charge >= 0.3 is 5.97 Å². The van der Waals surface area contributed by atoms with Crippen molar-refractivity contribution in [1.82, 2.24) is 5.32 Å². The number of rotatable bonds is 6. The Bertz CT molecular complexity index is 945. The molecule has 0 bridgehead atoms. The maximum atomic E-state index is 12.2. The van der Waals surface area contributed by atoms with E-state index in [1.165, 1.54) is 19.1 Å². The van der Waals surface area contributed by atoms with Crippen LogP contribution >= 0.6 is 0 Å². The topological polar surface area (TPSA) is 143 Å². The molecule has 2 aromatic carbocycles. The highest BCUT2D eigenvalue weighted by atomic mass is 16.7. The fraction of sp³-hybridized carbons (Fsp3) is 0.222. The van der Waals surface area contributed by atoms with E-state index in [1.54, 1.807) is 18.2 Å². The number of nitrogens with one attached hydrogen (secondary N) is 1. The van der Waals surface area contributed by atoms with Gasteiger partial charge in [-0.15, -0.1) is 0 Å². The summed E-state index contributed by atoms with van der Waals surface area (Å²) in [6.45, 7) is 1.75. The number of carbonyl (C=O) groups is 2. The molecule has 0 radical (unpaired) electrons. The second-order valence-corrected chi connectivity index (χ2v) is 5.98. The SMILES string of the molecule is C[C@@H](OC(=O)c1ccc(N)c([N+](=O)[O-])c1)C(=O)NCc1ccc2c(c1)OCO2. The van der Waals surface area contributed by atoms with Crippen LogP contribution in [0.15, 0.2) is 36.4 Å². The number of nitro groups is 1. The third-order valence-electron chi connectivity index (χ3n) is 4.02. The molecular formula is C18H17N3O7. The molecule has 1 amide bonds. The summed E-state index contributed by atoms with van der Waals surface area (Å²) in [6.07, 6.45) is -1.10. The molecule has 10 nitrogen and oxygen atoms in total. The van der Waals surface area contributed by atoms with Gasteiger partial charge in [0, 0.05) is 12.6 Å². The number of amides is 1. The number of hydrogen-bond donors (Lipinski definition) is 2. The Labute approximate surface area is 159 Å². The number of hydrogen-bond acceptors (Lipinski definition) is 8. The average Bonchev–Trinajstić information content (AvgIpc) is 3.13. The molecule has 1 aliphatic rings. The monoisotopic (exact) mass is 387 g/mol. The van der Waals surface area contributed by atoms with Gasteiger partial charge in [0.15, 0.2) is 17.6 Å². The summed E-state index contributed by atoms with van der Waals surface area (Å²) >= 11 is 0. The van der Waals surface area contributed by atoms with E-state index >= 15 is 0 Å². The van der Waals surface area contributed by atoms with Gasteiger partial charge in [-0.1, -0.05) is 6.07 Å². The molecule has 0 aliphatic carbocycles. The molecule has 1 aliphatic heterocycles. The van der Waals surface area contributed by atoms with Gasteiger partial charge in [0.1, 0.15) is 5.69 Å². The van der Waals surface area contributed by atoms with Crippen molar-refractivity contribution in [2.45, 2.75) is 19.6 Å². The molecule has 1 heterocycles. The second-order valence-electron chi connectivity index (χ2n) is 5.98. The lowest BCUT2D eigenvalue weighted by atomic mass is 10.1. The number of nitro benzene ring substituents is 1. The lowest BCUT2D eigenvalue weighted by molar-refractivity contribution is -0.383. The number of nitrogens with two attached hydrogens (primary N) is 1. The van der Waals surface area contributed by atoms with Crippen molar-refractivity contribution in [1.29, 1.82) is 0 Å². The van der Waals surface area contributed by atoms with Crippen molar-refractivity contribution in [2.24, 2.45) is 0 Å². The van der Waals surface area contributed by atoms with E-state index < -0.39 is 28.6 Å². The van der Waals surface area contributed by atoms with E-state index in [9.17, 15) is 19.7 Å². The molecular weight excluding hydrogens is 370 g/mol. The molecule has 28 heavy (non-hydrogen) atoms. The molecule has 1 atom stereocenters. The summed E-state index contributed by atoms with van der Waals surface area (Å²) in [6, 6.07) is 8.79. The molecule has 3 rings (SSSR count). The zero-order valence-electron chi connectivity index (χ0n) is 14.8. The molecule has 0 saturated heterocycles. The van der Waals surface area contributed by atoms with Crippen molar-refractivity contribution >= 4 is 23.3 Å². The largest absolute Gasteiger partial charge is 0.454 e. The molecule has 0 fully saturated rings. The van der Waals surface area contributed by atoms with Crippen LogP contribution in [-0.4, -0.2) is 29.7 Å². The van der Waals surface area contributed by atoms with Gasteiger partial charge in [0.05, 0.1) is 10.5 Å². The van der Waals surface area contributed by atoms with Crippen LogP contribution in [0, 0.1) is 10.1 Å². The van der Waals surface area contributed by atoms with Crippen LogP contribution in [0.25, 0.3) is 0 Å². The van der Waals surface area contributed by atoms with Crippen molar-refractivity contribution in [3.05, 3.63) is 57.6 Å². The minimum atomic E-state index is -1.10. The van der Waals surface area contributed by atoms with Gasteiger partial charge in [0.2, 0.25) is 6.79 Å². The Balaban J connectivity index is 1.57. The number of carbonyl (C=O) groups excluding carboxylic acids is 2. The minimum absolute atomic E-state index is 0.0729. The number of nitrogen functional groups attached to an aromatic ring is 1. The van der Waals surface area contributed by atoms with Crippen LogP contribution < -0.4 is 20.5 Å². The third-order valence-corrected chi connectivity index (χ3v) is 4.02. The number of ether oxygens (including phenoxy) is 3. The first-order valence-corrected chi connectivity index (χ1v) is 8.26. The van der Waals surface area contributed by atoms with E-state index in [0.717, 1.165) is 11.6 Å². The van der Waals surface area contributed by atoms with Crippen LogP contribution in [0.3, 0.4) is 0 Å². The normalized spacial score (nSPS) is 12.9. The Morgan fingerprint density at radius 2 is 2.00 bits per heavy atom. The summed E-state index contributed by atoms with van der Waals surface area (Å²) in [5.41, 5.74) is 5.72. The second kappa shape index (κ2) is 7.82. The van der Waals surface area contributed by atoms with Gasteiger partial charge in [-0.3, -0.25) is 14.9 Å². The van der Waals surface area contributed by atoms with Crippen LogP contribution in [0.2, 0.25) is 0 Å². The zero-order chi connectivity index (χ0) is 20.3. The molecule has 10 heteroatoms. The molecule has 146 valence electrons. The maximum Gasteiger partial charge on any atom is 0.339 e. The Morgan fingerprint density at radius 3 is 2.75 bits per heavy atom. The number of anilines is 1. The molecule has 2 aromatic rings. The van der Waals surface area contributed by atoms with Crippen LogP contribution in [0.4, 0.5) is 11.4 Å². The van der Waals surface area contributed by atoms with Gasteiger partial charge < -0.3 is 25.3 Å². The van der Waals surface area contributed by atoms with Crippen LogP contribution in [0.1, 0.15) is 22.8 Å². The first kappa shape index (κ1) is 19.0. The predicted molar refractivity (Wildman–Crippen MR) is 96.8 cm³/mol. The first-order chi connectivity index (χ1) is 13.3.